The van der Waals surface area contributed by atoms with Crippen molar-refractivity contribution in [1.29, 1.82) is 0 Å². The number of nitrogens with two attached hydrogens (primary N) is 1. The predicted octanol–water partition coefficient (Wildman–Crippen LogP) is 1.61. The molecule has 1 aromatic rings. The van der Waals surface area contributed by atoms with Gasteiger partial charge in [0.2, 0.25) is 0 Å². The van der Waals surface area contributed by atoms with Crippen LogP contribution in [0.5, 0.6) is 5.75 Å². The molecule has 2 N–H and O–H groups in total. The largest absolute Gasteiger partial charge is 0.493 e. The van der Waals surface area contributed by atoms with Gasteiger partial charge in [0, 0.05) is 18.0 Å². The van der Waals surface area contributed by atoms with Crippen LogP contribution in [-0.4, -0.2) is 6.61 Å². The molecule has 64 valence electrons. The summed E-state index contributed by atoms with van der Waals surface area (Å²) in [6, 6.07) is 4.38. The standard InChI is InChI=1S/C9H10FNO/c10-6-1-2-9-7(5-6)8(11)3-4-12-9/h1-2,5,8H,3-4,11H2. The van der Waals surface area contributed by atoms with Gasteiger partial charge in [-0.15, -0.1) is 0 Å². The molecule has 1 unspecified atom stereocenters. The quantitative estimate of drug-likeness (QED) is 0.637. The van der Waals surface area contributed by atoms with Crippen molar-refractivity contribution in [2.45, 2.75) is 12.5 Å². The van der Waals surface area contributed by atoms with E-state index < -0.39 is 0 Å². The molecule has 1 atom stereocenters. The zero-order valence-electron chi connectivity index (χ0n) is 6.59. The molecule has 0 radical (unpaired) electrons. The highest BCUT2D eigenvalue weighted by Crippen LogP contribution is 2.30. The van der Waals surface area contributed by atoms with Crippen LogP contribution in [0.2, 0.25) is 0 Å². The van der Waals surface area contributed by atoms with Crippen LogP contribution in [0.3, 0.4) is 0 Å². The fourth-order valence-electron chi connectivity index (χ4n) is 1.39. The van der Waals surface area contributed by atoms with Crippen molar-refractivity contribution in [3.05, 3.63) is 29.6 Å². The molecule has 0 bridgehead atoms. The Hall–Kier alpha value is -1.09. The number of halogens is 1. The SMILES string of the molecule is NC1CCOc2ccc(F)cc21. The number of hydrogen-bond donors (Lipinski definition) is 1. The summed E-state index contributed by atoms with van der Waals surface area (Å²) >= 11 is 0. The lowest BCUT2D eigenvalue weighted by molar-refractivity contribution is 0.268. The van der Waals surface area contributed by atoms with Gasteiger partial charge < -0.3 is 10.5 Å². The molecule has 0 fully saturated rings. The van der Waals surface area contributed by atoms with Crippen molar-refractivity contribution in [2.75, 3.05) is 6.61 Å². The van der Waals surface area contributed by atoms with Crippen molar-refractivity contribution in [1.82, 2.24) is 0 Å². The third kappa shape index (κ3) is 1.16. The molecule has 2 rings (SSSR count). The van der Waals surface area contributed by atoms with Crippen LogP contribution in [-0.2, 0) is 0 Å². The number of fused-ring (bicyclic) bond motifs is 1. The molecular weight excluding hydrogens is 157 g/mol. The van der Waals surface area contributed by atoms with Crippen LogP contribution in [0.4, 0.5) is 4.39 Å². The lowest BCUT2D eigenvalue weighted by atomic mass is 10.0. The minimum Gasteiger partial charge on any atom is -0.493 e. The van der Waals surface area contributed by atoms with Gasteiger partial charge in [0.1, 0.15) is 11.6 Å². The first-order valence-corrected chi connectivity index (χ1v) is 3.95. The molecule has 0 amide bonds. The number of rotatable bonds is 0. The van der Waals surface area contributed by atoms with Crippen LogP contribution in [0.15, 0.2) is 18.2 Å². The van der Waals surface area contributed by atoms with Gasteiger partial charge in [-0.2, -0.15) is 0 Å². The van der Waals surface area contributed by atoms with E-state index in [1.165, 1.54) is 12.1 Å². The Kier molecular flexibility index (Phi) is 1.73. The average molecular weight is 167 g/mol. The summed E-state index contributed by atoms with van der Waals surface area (Å²) in [4.78, 5) is 0. The van der Waals surface area contributed by atoms with Gasteiger partial charge in [0.05, 0.1) is 6.61 Å². The Morgan fingerprint density at radius 2 is 2.33 bits per heavy atom. The molecule has 0 spiro atoms. The Morgan fingerprint density at radius 3 is 3.17 bits per heavy atom. The first kappa shape index (κ1) is 7.55. The number of benzene rings is 1. The van der Waals surface area contributed by atoms with E-state index in [2.05, 4.69) is 0 Å². The number of hydrogen-bond acceptors (Lipinski definition) is 2. The molecule has 3 heteroatoms. The summed E-state index contributed by atoms with van der Waals surface area (Å²) in [5.41, 5.74) is 6.55. The van der Waals surface area contributed by atoms with Crippen molar-refractivity contribution in [3.63, 3.8) is 0 Å². The highest BCUT2D eigenvalue weighted by atomic mass is 19.1. The van der Waals surface area contributed by atoms with Crippen LogP contribution in [0.25, 0.3) is 0 Å². The van der Waals surface area contributed by atoms with Gasteiger partial charge in [-0.1, -0.05) is 0 Å². The molecule has 1 aliphatic heterocycles. The van der Waals surface area contributed by atoms with Gasteiger partial charge in [-0.05, 0) is 18.2 Å². The van der Waals surface area contributed by atoms with Crippen molar-refractivity contribution >= 4 is 0 Å². The Morgan fingerprint density at radius 1 is 1.50 bits per heavy atom. The third-order valence-electron chi connectivity index (χ3n) is 2.06. The van der Waals surface area contributed by atoms with E-state index in [1.807, 2.05) is 0 Å². The maximum Gasteiger partial charge on any atom is 0.124 e. The minimum absolute atomic E-state index is 0.0792. The molecule has 2 nitrogen and oxygen atoms in total. The topological polar surface area (TPSA) is 35.2 Å². The Bertz CT molecular complexity index is 301. The van der Waals surface area contributed by atoms with Crippen LogP contribution in [0.1, 0.15) is 18.0 Å². The fraction of sp³-hybridized carbons (Fsp3) is 0.333. The summed E-state index contributed by atoms with van der Waals surface area (Å²) in [5, 5.41) is 0. The lowest BCUT2D eigenvalue weighted by Gasteiger charge is -2.22. The maximum absolute atomic E-state index is 12.8. The van der Waals surface area contributed by atoms with Gasteiger partial charge in [-0.25, -0.2) is 4.39 Å². The van der Waals surface area contributed by atoms with E-state index in [1.54, 1.807) is 6.07 Å². The first-order chi connectivity index (χ1) is 5.77. The maximum atomic E-state index is 12.8. The second kappa shape index (κ2) is 2.75. The van der Waals surface area contributed by atoms with E-state index in [4.69, 9.17) is 10.5 Å². The molecule has 1 aromatic carbocycles. The molecule has 0 aliphatic carbocycles. The van der Waals surface area contributed by atoms with Gasteiger partial charge >= 0.3 is 0 Å². The second-order valence-electron chi connectivity index (χ2n) is 2.93. The first-order valence-electron chi connectivity index (χ1n) is 3.95. The smallest absolute Gasteiger partial charge is 0.124 e. The molecule has 12 heavy (non-hydrogen) atoms. The highest BCUT2D eigenvalue weighted by molar-refractivity contribution is 5.37. The van der Waals surface area contributed by atoms with Crippen molar-refractivity contribution in [2.24, 2.45) is 5.73 Å². The van der Waals surface area contributed by atoms with E-state index in [0.29, 0.717) is 6.61 Å². The molecule has 0 saturated heterocycles. The monoisotopic (exact) mass is 167 g/mol. The zero-order valence-corrected chi connectivity index (χ0v) is 6.59. The fourth-order valence-corrected chi connectivity index (χ4v) is 1.39. The summed E-state index contributed by atoms with van der Waals surface area (Å²) in [6.45, 7) is 0.625. The van der Waals surface area contributed by atoms with Crippen LogP contribution < -0.4 is 10.5 Å². The molecule has 0 aromatic heterocycles. The molecule has 0 saturated carbocycles. The van der Waals surface area contributed by atoms with Crippen molar-refractivity contribution in [3.8, 4) is 5.75 Å². The second-order valence-corrected chi connectivity index (χ2v) is 2.93. The highest BCUT2D eigenvalue weighted by Gasteiger charge is 2.17. The summed E-state index contributed by atoms with van der Waals surface area (Å²) in [5.74, 6) is 0.463. The average Bonchev–Trinajstić information content (AvgIpc) is 2.07. The predicted molar refractivity (Wildman–Crippen MR) is 43.4 cm³/mol. The van der Waals surface area contributed by atoms with E-state index in [-0.39, 0.29) is 11.9 Å². The Balaban J connectivity index is 2.47. The molecule has 1 aliphatic rings. The van der Waals surface area contributed by atoms with Crippen LogP contribution >= 0.6 is 0 Å². The molecule has 1 heterocycles. The summed E-state index contributed by atoms with van der Waals surface area (Å²) in [7, 11) is 0. The van der Waals surface area contributed by atoms with E-state index >= 15 is 0 Å². The molecular formula is C9H10FNO. The Labute approximate surface area is 70.1 Å². The summed E-state index contributed by atoms with van der Waals surface area (Å²) in [6.07, 6.45) is 0.760. The zero-order chi connectivity index (χ0) is 8.55. The summed E-state index contributed by atoms with van der Waals surface area (Å²) < 4.78 is 18.1. The van der Waals surface area contributed by atoms with Gasteiger partial charge in [-0.3, -0.25) is 0 Å². The van der Waals surface area contributed by atoms with Crippen LogP contribution in [0, 0.1) is 5.82 Å². The number of ether oxygens (including phenoxy) is 1. The van der Waals surface area contributed by atoms with E-state index in [0.717, 1.165) is 17.7 Å². The van der Waals surface area contributed by atoms with Crippen molar-refractivity contribution < 1.29 is 9.13 Å². The lowest BCUT2D eigenvalue weighted by Crippen LogP contribution is -2.20. The minimum atomic E-state index is -0.255. The van der Waals surface area contributed by atoms with Gasteiger partial charge in [0.15, 0.2) is 0 Å². The van der Waals surface area contributed by atoms with Gasteiger partial charge in [0.25, 0.3) is 0 Å². The normalized spacial score (nSPS) is 21.3. The van der Waals surface area contributed by atoms with E-state index in [9.17, 15) is 4.39 Å². The third-order valence-corrected chi connectivity index (χ3v) is 2.06.